The first-order chi connectivity index (χ1) is 15.2. The Morgan fingerprint density at radius 2 is 1.87 bits per heavy atom. The van der Waals surface area contributed by atoms with E-state index in [1.54, 1.807) is 11.3 Å². The Labute approximate surface area is 187 Å². The summed E-state index contributed by atoms with van der Waals surface area (Å²) in [6.45, 7) is 5.13. The number of nitrogens with one attached hydrogen (secondary N) is 1. The summed E-state index contributed by atoms with van der Waals surface area (Å²) in [5.74, 6) is 1.50. The molecule has 3 aromatic rings. The van der Waals surface area contributed by atoms with E-state index in [4.69, 9.17) is 4.74 Å². The molecule has 1 N–H and O–H groups in total. The molecule has 0 aliphatic carbocycles. The predicted molar refractivity (Wildman–Crippen MR) is 126 cm³/mol. The van der Waals surface area contributed by atoms with E-state index >= 15 is 0 Å². The number of thiophene rings is 1. The maximum atomic E-state index is 13.0. The highest BCUT2D eigenvalue weighted by Gasteiger charge is 2.40. The van der Waals surface area contributed by atoms with Crippen LogP contribution in [0.25, 0.3) is 10.4 Å². The molecule has 3 saturated heterocycles. The van der Waals surface area contributed by atoms with Crippen molar-refractivity contribution < 1.29 is 9.53 Å². The van der Waals surface area contributed by atoms with E-state index in [0.717, 1.165) is 26.6 Å². The van der Waals surface area contributed by atoms with Gasteiger partial charge in [-0.15, -0.1) is 11.3 Å². The fourth-order valence-corrected chi connectivity index (χ4v) is 5.77. The molecule has 4 heterocycles. The highest BCUT2D eigenvalue weighted by atomic mass is 32.1. The van der Waals surface area contributed by atoms with Crippen LogP contribution in [0, 0.1) is 5.92 Å². The van der Waals surface area contributed by atoms with Crippen molar-refractivity contribution >= 4 is 17.2 Å². The molecule has 0 spiro atoms. The minimum atomic E-state index is 0.0540. The SMILES string of the molecule is C[C@H]1[C@H](NC(=O)c2ccc(-c3cccc(OCc4ccccc4)c3)s2)C2CCN1CC2. The van der Waals surface area contributed by atoms with Crippen LogP contribution in [0.3, 0.4) is 0 Å². The van der Waals surface area contributed by atoms with Crippen LogP contribution in [0.15, 0.2) is 66.7 Å². The normalized spacial score (nSPS) is 24.7. The van der Waals surface area contributed by atoms with Gasteiger partial charge in [0.2, 0.25) is 0 Å². The Hall–Kier alpha value is -2.63. The minimum absolute atomic E-state index is 0.0540. The summed E-state index contributed by atoms with van der Waals surface area (Å²) in [4.78, 5) is 17.3. The molecular formula is C26H28N2O2S. The van der Waals surface area contributed by atoms with Crippen molar-refractivity contribution in [2.75, 3.05) is 13.1 Å². The summed E-state index contributed by atoms with van der Waals surface area (Å²) in [5.41, 5.74) is 2.22. The zero-order chi connectivity index (χ0) is 21.2. The Bertz CT molecular complexity index is 1040. The summed E-state index contributed by atoms with van der Waals surface area (Å²) in [6.07, 6.45) is 2.39. The summed E-state index contributed by atoms with van der Waals surface area (Å²) in [7, 11) is 0. The fourth-order valence-electron chi connectivity index (χ4n) is 4.86. The molecule has 6 rings (SSSR count). The van der Waals surface area contributed by atoms with E-state index < -0.39 is 0 Å². The van der Waals surface area contributed by atoms with Crippen molar-refractivity contribution in [2.24, 2.45) is 5.92 Å². The van der Waals surface area contributed by atoms with Gasteiger partial charge in [0.1, 0.15) is 12.4 Å². The van der Waals surface area contributed by atoms with Crippen LogP contribution in [0.2, 0.25) is 0 Å². The number of fused-ring (bicyclic) bond motifs is 3. The number of hydrogen-bond acceptors (Lipinski definition) is 4. The van der Waals surface area contributed by atoms with E-state index in [2.05, 4.69) is 35.3 Å². The highest BCUT2D eigenvalue weighted by molar-refractivity contribution is 7.17. The van der Waals surface area contributed by atoms with Gasteiger partial charge in [-0.2, -0.15) is 0 Å². The number of amides is 1. The van der Waals surface area contributed by atoms with Gasteiger partial charge in [-0.3, -0.25) is 9.69 Å². The van der Waals surface area contributed by atoms with Gasteiger partial charge in [-0.05, 0) is 74.2 Å². The van der Waals surface area contributed by atoms with Gasteiger partial charge < -0.3 is 10.1 Å². The summed E-state index contributed by atoms with van der Waals surface area (Å²) >= 11 is 1.55. The fraction of sp³-hybridized carbons (Fsp3) is 0.346. The van der Waals surface area contributed by atoms with Crippen molar-refractivity contribution in [3.63, 3.8) is 0 Å². The molecule has 31 heavy (non-hydrogen) atoms. The monoisotopic (exact) mass is 432 g/mol. The van der Waals surface area contributed by atoms with Gasteiger partial charge in [0.15, 0.2) is 0 Å². The summed E-state index contributed by atoms with van der Waals surface area (Å²) in [6, 6.07) is 22.9. The molecule has 5 heteroatoms. The Balaban J connectivity index is 1.25. The predicted octanol–water partition coefficient (Wildman–Crippen LogP) is 5.21. The quantitative estimate of drug-likeness (QED) is 0.582. The van der Waals surface area contributed by atoms with E-state index in [0.29, 0.717) is 18.6 Å². The average molecular weight is 433 g/mol. The van der Waals surface area contributed by atoms with Gasteiger partial charge in [0.25, 0.3) is 5.91 Å². The number of rotatable bonds is 6. The van der Waals surface area contributed by atoms with Crippen LogP contribution in [0.4, 0.5) is 0 Å². The molecule has 4 nitrogen and oxygen atoms in total. The highest BCUT2D eigenvalue weighted by Crippen LogP contribution is 2.34. The van der Waals surface area contributed by atoms with Crippen molar-refractivity contribution in [3.05, 3.63) is 77.2 Å². The molecule has 3 aliphatic heterocycles. The maximum Gasteiger partial charge on any atom is 0.261 e. The standard InChI is InChI=1S/C26H28N2O2S/c1-18-25(20-12-14-28(18)15-13-20)27-26(29)24-11-10-23(31-24)21-8-5-9-22(16-21)30-17-19-6-3-2-4-7-19/h2-11,16,18,20,25H,12-15,17H2,1H3,(H,27,29)/t18-,25-/m0/s1. The molecular weight excluding hydrogens is 404 g/mol. The first kappa shape index (κ1) is 20.3. The molecule has 2 bridgehead atoms. The van der Waals surface area contributed by atoms with Crippen molar-refractivity contribution in [1.29, 1.82) is 0 Å². The molecule has 2 atom stereocenters. The first-order valence-electron chi connectivity index (χ1n) is 11.1. The maximum absolute atomic E-state index is 13.0. The van der Waals surface area contributed by atoms with Crippen LogP contribution in [0.5, 0.6) is 5.75 Å². The van der Waals surface area contributed by atoms with Crippen molar-refractivity contribution in [1.82, 2.24) is 10.2 Å². The zero-order valence-corrected chi connectivity index (χ0v) is 18.6. The minimum Gasteiger partial charge on any atom is -0.489 e. The molecule has 1 aromatic heterocycles. The van der Waals surface area contributed by atoms with E-state index in [-0.39, 0.29) is 11.9 Å². The second-order valence-electron chi connectivity index (χ2n) is 8.58. The third-order valence-corrected chi connectivity index (χ3v) is 7.81. The molecule has 2 aromatic carbocycles. The Morgan fingerprint density at radius 1 is 1.06 bits per heavy atom. The van der Waals surface area contributed by atoms with E-state index in [1.807, 2.05) is 48.5 Å². The van der Waals surface area contributed by atoms with Gasteiger partial charge in [0, 0.05) is 17.0 Å². The zero-order valence-electron chi connectivity index (χ0n) is 17.8. The lowest BCUT2D eigenvalue weighted by Crippen LogP contribution is -2.62. The van der Waals surface area contributed by atoms with Crippen LogP contribution in [-0.2, 0) is 6.61 Å². The van der Waals surface area contributed by atoms with Gasteiger partial charge in [-0.1, -0.05) is 42.5 Å². The largest absolute Gasteiger partial charge is 0.489 e. The van der Waals surface area contributed by atoms with Crippen LogP contribution < -0.4 is 10.1 Å². The Morgan fingerprint density at radius 3 is 2.65 bits per heavy atom. The van der Waals surface area contributed by atoms with E-state index in [9.17, 15) is 4.79 Å². The van der Waals surface area contributed by atoms with Crippen molar-refractivity contribution in [3.8, 4) is 16.2 Å². The van der Waals surface area contributed by atoms with Gasteiger partial charge >= 0.3 is 0 Å². The topological polar surface area (TPSA) is 41.6 Å². The number of piperidine rings is 3. The summed E-state index contributed by atoms with van der Waals surface area (Å²) < 4.78 is 5.97. The molecule has 3 fully saturated rings. The lowest BCUT2D eigenvalue weighted by Gasteiger charge is -2.49. The smallest absolute Gasteiger partial charge is 0.261 e. The number of nitrogens with zero attached hydrogens (tertiary/aromatic N) is 1. The first-order valence-corrected chi connectivity index (χ1v) is 11.9. The van der Waals surface area contributed by atoms with E-state index in [1.165, 1.54) is 25.9 Å². The number of benzene rings is 2. The van der Waals surface area contributed by atoms with Crippen LogP contribution in [0.1, 0.15) is 35.0 Å². The number of hydrogen-bond donors (Lipinski definition) is 1. The third-order valence-electron chi connectivity index (χ3n) is 6.67. The lowest BCUT2D eigenvalue weighted by atomic mass is 9.79. The number of ether oxygens (including phenoxy) is 1. The number of carbonyl (C=O) groups excluding carboxylic acids is 1. The molecule has 160 valence electrons. The molecule has 3 aliphatic rings. The molecule has 1 amide bonds. The van der Waals surface area contributed by atoms with Gasteiger partial charge in [0.05, 0.1) is 4.88 Å². The Kier molecular flexibility index (Phi) is 5.79. The third kappa shape index (κ3) is 4.39. The molecule has 0 saturated carbocycles. The lowest BCUT2D eigenvalue weighted by molar-refractivity contribution is 0.0218. The van der Waals surface area contributed by atoms with Crippen molar-refractivity contribution in [2.45, 2.75) is 38.5 Å². The number of carbonyl (C=O) groups is 1. The molecule has 0 radical (unpaired) electrons. The van der Waals surface area contributed by atoms with Crippen LogP contribution in [-0.4, -0.2) is 36.0 Å². The van der Waals surface area contributed by atoms with Crippen LogP contribution >= 0.6 is 11.3 Å². The average Bonchev–Trinajstić information content (AvgIpc) is 3.32. The van der Waals surface area contributed by atoms with Gasteiger partial charge in [-0.25, -0.2) is 0 Å². The molecule has 0 unspecified atom stereocenters. The second-order valence-corrected chi connectivity index (χ2v) is 9.66. The summed E-state index contributed by atoms with van der Waals surface area (Å²) in [5, 5.41) is 3.34. The second kappa shape index (κ2) is 8.85.